The number of hydrogen-bond acceptors (Lipinski definition) is 4. The summed E-state index contributed by atoms with van der Waals surface area (Å²) in [4.78, 5) is 23.4. The van der Waals surface area contributed by atoms with Crippen molar-refractivity contribution in [2.75, 3.05) is 13.2 Å². The zero-order chi connectivity index (χ0) is 13.9. The molecule has 5 nitrogen and oxygen atoms in total. The molecular weight excluding hydrogens is 312 g/mol. The van der Waals surface area contributed by atoms with Gasteiger partial charge in [0.15, 0.2) is 0 Å². The summed E-state index contributed by atoms with van der Waals surface area (Å²) < 4.78 is 5.81. The summed E-state index contributed by atoms with van der Waals surface area (Å²) in [7, 11) is 0. The van der Waals surface area contributed by atoms with Crippen molar-refractivity contribution in [3.8, 4) is 0 Å². The van der Waals surface area contributed by atoms with Crippen molar-refractivity contribution in [1.82, 2.24) is 5.32 Å². The van der Waals surface area contributed by atoms with Gasteiger partial charge in [0.05, 0.1) is 25.2 Å². The number of amides is 2. The second-order valence-electron chi connectivity index (χ2n) is 4.77. The maximum atomic E-state index is 11.7. The second-order valence-corrected chi connectivity index (χ2v) is 5.63. The fourth-order valence-corrected chi connectivity index (χ4v) is 2.27. The van der Waals surface area contributed by atoms with Gasteiger partial charge >= 0.3 is 0 Å². The number of ether oxygens (including phenoxy) is 1. The first-order valence-corrected chi connectivity index (χ1v) is 6.70. The first kappa shape index (κ1) is 14.2. The van der Waals surface area contributed by atoms with Crippen LogP contribution in [-0.4, -0.2) is 30.6 Å². The van der Waals surface area contributed by atoms with Crippen LogP contribution in [0.5, 0.6) is 0 Å². The highest BCUT2D eigenvalue weighted by Crippen LogP contribution is 2.18. The molecule has 102 valence electrons. The third-order valence-corrected chi connectivity index (χ3v) is 3.65. The molecule has 1 fully saturated rings. The Bertz CT molecular complexity index is 500. The topological polar surface area (TPSA) is 81.4 Å². The molecule has 0 bridgehead atoms. The summed E-state index contributed by atoms with van der Waals surface area (Å²) in [6.45, 7) is 0.720. The van der Waals surface area contributed by atoms with E-state index in [1.165, 1.54) is 0 Å². The maximum absolute atomic E-state index is 11.7. The van der Waals surface area contributed by atoms with Crippen LogP contribution in [0.25, 0.3) is 0 Å². The smallest absolute Gasteiger partial charge is 0.231 e. The van der Waals surface area contributed by atoms with Crippen LogP contribution < -0.4 is 11.1 Å². The van der Waals surface area contributed by atoms with Gasteiger partial charge in [-0.25, -0.2) is 0 Å². The van der Waals surface area contributed by atoms with E-state index in [2.05, 4.69) is 21.2 Å². The lowest BCUT2D eigenvalue weighted by atomic mass is 9.94. The van der Waals surface area contributed by atoms with Crippen molar-refractivity contribution >= 4 is 27.7 Å². The molecule has 2 amide bonds. The van der Waals surface area contributed by atoms with Gasteiger partial charge in [-0.1, -0.05) is 34.1 Å². The number of hydrogen-bond donors (Lipinski definition) is 2. The van der Waals surface area contributed by atoms with Crippen molar-refractivity contribution < 1.29 is 14.3 Å². The summed E-state index contributed by atoms with van der Waals surface area (Å²) in [6.07, 6.45) is 0.260. The van der Waals surface area contributed by atoms with E-state index in [1.54, 1.807) is 0 Å². The van der Waals surface area contributed by atoms with Gasteiger partial charge in [-0.05, 0) is 11.6 Å². The van der Waals surface area contributed by atoms with Gasteiger partial charge in [0.25, 0.3) is 0 Å². The molecule has 1 aliphatic heterocycles. The molecule has 0 unspecified atom stereocenters. The molecule has 3 N–H and O–H groups in total. The van der Waals surface area contributed by atoms with E-state index in [9.17, 15) is 9.59 Å². The molecule has 0 aliphatic carbocycles. The Morgan fingerprint density at radius 1 is 1.32 bits per heavy atom. The second kappa shape index (κ2) is 5.81. The Balaban J connectivity index is 1.84. The van der Waals surface area contributed by atoms with Crippen LogP contribution in [0.1, 0.15) is 12.0 Å². The highest BCUT2D eigenvalue weighted by atomic mass is 79.9. The normalized spacial score (nSPS) is 16.5. The van der Waals surface area contributed by atoms with Crippen molar-refractivity contribution in [3.05, 3.63) is 34.3 Å². The minimum atomic E-state index is -0.613. The molecule has 2 rings (SSSR count). The van der Waals surface area contributed by atoms with Gasteiger partial charge in [0.1, 0.15) is 0 Å². The fraction of sp³-hybridized carbons (Fsp3) is 0.385. The van der Waals surface area contributed by atoms with Gasteiger partial charge in [-0.3, -0.25) is 14.9 Å². The molecular formula is C13H15BrN2O3. The number of nitrogens with two attached hydrogens (primary N) is 1. The lowest BCUT2D eigenvalue weighted by molar-refractivity contribution is -0.134. The van der Waals surface area contributed by atoms with Crippen molar-refractivity contribution in [2.24, 2.45) is 5.73 Å². The van der Waals surface area contributed by atoms with Gasteiger partial charge in [-0.15, -0.1) is 0 Å². The first-order chi connectivity index (χ1) is 8.98. The van der Waals surface area contributed by atoms with E-state index in [0.29, 0.717) is 13.2 Å². The Morgan fingerprint density at radius 2 is 2.00 bits per heavy atom. The lowest BCUT2D eigenvalue weighted by Gasteiger charge is -2.36. The Labute approximate surface area is 119 Å². The van der Waals surface area contributed by atoms with Crippen LogP contribution in [0.15, 0.2) is 28.7 Å². The number of benzene rings is 1. The van der Waals surface area contributed by atoms with Crippen LogP contribution in [0.3, 0.4) is 0 Å². The largest absolute Gasteiger partial charge is 0.377 e. The molecule has 1 aromatic rings. The number of halogens is 1. The number of rotatable bonds is 4. The first-order valence-electron chi connectivity index (χ1n) is 5.91. The summed E-state index contributed by atoms with van der Waals surface area (Å²) in [5, 5.41) is 2.35. The molecule has 19 heavy (non-hydrogen) atoms. The lowest BCUT2D eigenvalue weighted by Crippen LogP contribution is -2.59. The van der Waals surface area contributed by atoms with Crippen LogP contribution in [0.4, 0.5) is 0 Å². The van der Waals surface area contributed by atoms with Crippen LogP contribution in [-0.2, 0) is 20.7 Å². The summed E-state index contributed by atoms with van der Waals surface area (Å²) in [6, 6.07) is 7.39. The Kier molecular flexibility index (Phi) is 4.34. The fourth-order valence-electron chi connectivity index (χ4n) is 1.84. The van der Waals surface area contributed by atoms with Gasteiger partial charge in [-0.2, -0.15) is 0 Å². The standard InChI is InChI=1S/C13H15BrN2O3/c14-10-4-2-1-3-9(10)5-11(17)16-12(18)6-13(15)7-19-8-13/h1-4H,5-8,15H2,(H,16,17,18). The molecule has 1 aliphatic rings. The van der Waals surface area contributed by atoms with E-state index in [-0.39, 0.29) is 24.7 Å². The van der Waals surface area contributed by atoms with Crippen LogP contribution in [0, 0.1) is 0 Å². The molecule has 0 spiro atoms. The summed E-state index contributed by atoms with van der Waals surface area (Å²) in [5.74, 6) is -0.691. The molecule has 0 saturated carbocycles. The quantitative estimate of drug-likeness (QED) is 0.855. The van der Waals surface area contributed by atoms with Crippen molar-refractivity contribution in [3.63, 3.8) is 0 Å². The van der Waals surface area contributed by atoms with E-state index in [4.69, 9.17) is 10.5 Å². The monoisotopic (exact) mass is 326 g/mol. The molecule has 0 radical (unpaired) electrons. The SMILES string of the molecule is NC1(CC(=O)NC(=O)Cc2ccccc2Br)COC1. The minimum Gasteiger partial charge on any atom is -0.377 e. The van der Waals surface area contributed by atoms with Gasteiger partial charge in [0, 0.05) is 10.9 Å². The van der Waals surface area contributed by atoms with Gasteiger partial charge in [0.2, 0.25) is 11.8 Å². The average Bonchev–Trinajstić information content (AvgIpc) is 2.30. The van der Waals surface area contributed by atoms with E-state index in [0.717, 1.165) is 10.0 Å². The molecule has 6 heteroatoms. The zero-order valence-corrected chi connectivity index (χ0v) is 11.9. The molecule has 1 aromatic carbocycles. The Morgan fingerprint density at radius 3 is 2.58 bits per heavy atom. The third kappa shape index (κ3) is 3.86. The zero-order valence-electron chi connectivity index (χ0n) is 10.3. The molecule has 1 heterocycles. The molecule has 1 saturated heterocycles. The predicted molar refractivity (Wildman–Crippen MR) is 73.4 cm³/mol. The predicted octanol–water partition coefficient (Wildman–Crippen LogP) is 0.752. The number of nitrogens with one attached hydrogen (secondary N) is 1. The Hall–Kier alpha value is -1.24. The maximum Gasteiger partial charge on any atom is 0.231 e. The molecule has 0 aromatic heterocycles. The van der Waals surface area contributed by atoms with Crippen LogP contribution in [0.2, 0.25) is 0 Å². The average molecular weight is 327 g/mol. The van der Waals surface area contributed by atoms with E-state index < -0.39 is 5.54 Å². The van der Waals surface area contributed by atoms with E-state index >= 15 is 0 Å². The van der Waals surface area contributed by atoms with Crippen molar-refractivity contribution in [2.45, 2.75) is 18.4 Å². The van der Waals surface area contributed by atoms with Crippen LogP contribution >= 0.6 is 15.9 Å². The summed E-state index contributed by atoms with van der Waals surface area (Å²) in [5.41, 5.74) is 6.07. The third-order valence-electron chi connectivity index (χ3n) is 2.88. The van der Waals surface area contributed by atoms with E-state index in [1.807, 2.05) is 24.3 Å². The highest BCUT2D eigenvalue weighted by molar-refractivity contribution is 9.10. The summed E-state index contributed by atoms with van der Waals surface area (Å²) >= 11 is 3.36. The number of carbonyl (C=O) groups is 2. The number of carbonyl (C=O) groups excluding carboxylic acids is 2. The highest BCUT2D eigenvalue weighted by Gasteiger charge is 2.36. The van der Waals surface area contributed by atoms with Gasteiger partial charge < -0.3 is 10.5 Å². The number of imide groups is 1. The molecule has 0 atom stereocenters. The van der Waals surface area contributed by atoms with Crippen molar-refractivity contribution in [1.29, 1.82) is 0 Å². The minimum absolute atomic E-state index is 0.106.